The van der Waals surface area contributed by atoms with Crippen molar-refractivity contribution in [2.24, 2.45) is 11.8 Å². The van der Waals surface area contributed by atoms with Crippen molar-refractivity contribution in [1.29, 1.82) is 0 Å². The van der Waals surface area contributed by atoms with Crippen LogP contribution in [0.25, 0.3) is 0 Å². The fraction of sp³-hybridized carbons (Fsp3) is 0.395. The monoisotopic (exact) mass is 719 g/mol. The van der Waals surface area contributed by atoms with Crippen molar-refractivity contribution >= 4 is 29.4 Å². The molecule has 2 N–H and O–H groups in total. The normalized spacial score (nSPS) is 23.9. The molecule has 3 aliphatic rings. The fourth-order valence-corrected chi connectivity index (χ4v) is 8.40. The van der Waals surface area contributed by atoms with Crippen LogP contribution in [0, 0.1) is 25.7 Å². The van der Waals surface area contributed by atoms with Crippen LogP contribution in [0.3, 0.4) is 0 Å². The number of likely N-dealkylation sites (tertiary alicyclic amines) is 1. The molecule has 2 bridgehead atoms. The van der Waals surface area contributed by atoms with E-state index in [2.05, 4.69) is 18.5 Å². The molecule has 3 fully saturated rings. The third-order valence-electron chi connectivity index (χ3n) is 10.9. The first-order chi connectivity index (χ1) is 25.6. The summed E-state index contributed by atoms with van der Waals surface area (Å²) in [6.45, 7) is 11.3. The molecule has 0 aliphatic carbocycles. The molecule has 10 nitrogen and oxygen atoms in total. The highest BCUT2D eigenvalue weighted by Crippen LogP contribution is 2.59. The quantitative estimate of drug-likeness (QED) is 0.155. The summed E-state index contributed by atoms with van der Waals surface area (Å²) in [7, 11) is 0. The van der Waals surface area contributed by atoms with E-state index in [1.165, 1.54) is 4.90 Å². The number of aryl methyl sites for hydroxylation is 2. The van der Waals surface area contributed by atoms with Gasteiger partial charge >= 0.3 is 5.97 Å². The first-order valence-electron chi connectivity index (χ1n) is 18.4. The lowest BCUT2D eigenvalue weighted by atomic mass is 9.70. The number of aliphatic hydroxyl groups is 1. The standard InChI is InChI=1S/C43H49N3O7/c1-5-7-18-36(48)44-26-35(31-16-12-9-13-17-31)52-42(51)37-34-21-22-43(53-34)38(37)40(49)46(32(27-47)25-30-14-10-8-11-15-30)39(43)41(50)45(23-6-2)33-24-28(3)19-20-29(33)4/h5-6,8-17,19-20,24,32,34-35,37-39,47H,1-2,7,18,21-23,25-27H2,3-4H3,(H,44,48)/t32-,34-,35-,37+,38+,39-,43+/m1/s1. The SMILES string of the molecule is C=CCCC(=O)NC[C@@H](OC(=O)[C@@H]1[C@H]2C(=O)N([C@@H](CO)Cc3ccccc3)[C@H](C(=O)N(CC=C)c3cc(C)ccc3C)[C@]23CC[C@H]1O3)c1ccccc1. The topological polar surface area (TPSA) is 125 Å². The predicted octanol–water partition coefficient (Wildman–Crippen LogP) is 5.17. The van der Waals surface area contributed by atoms with E-state index in [1.54, 1.807) is 17.1 Å². The van der Waals surface area contributed by atoms with Crippen LogP contribution in [0.1, 0.15) is 54.0 Å². The number of nitrogens with one attached hydrogen (secondary N) is 1. The molecular weight excluding hydrogens is 670 g/mol. The minimum Gasteiger partial charge on any atom is -0.455 e. The maximum atomic E-state index is 15.2. The maximum absolute atomic E-state index is 15.2. The number of rotatable bonds is 16. The molecule has 7 atom stereocenters. The van der Waals surface area contributed by atoms with Crippen LogP contribution in [-0.4, -0.2) is 77.2 Å². The van der Waals surface area contributed by atoms with Gasteiger partial charge in [0.25, 0.3) is 5.91 Å². The number of amides is 3. The molecule has 0 aromatic heterocycles. The van der Waals surface area contributed by atoms with Crippen molar-refractivity contribution in [1.82, 2.24) is 10.2 Å². The summed E-state index contributed by atoms with van der Waals surface area (Å²) >= 11 is 0. The lowest BCUT2D eigenvalue weighted by Gasteiger charge is -2.39. The Morgan fingerprint density at radius 3 is 2.45 bits per heavy atom. The zero-order valence-electron chi connectivity index (χ0n) is 30.5. The van der Waals surface area contributed by atoms with Crippen LogP contribution in [-0.2, 0) is 35.1 Å². The molecule has 3 heterocycles. The van der Waals surface area contributed by atoms with Crippen LogP contribution >= 0.6 is 0 Å². The summed E-state index contributed by atoms with van der Waals surface area (Å²) in [5.74, 6) is -3.62. The minimum absolute atomic E-state index is 0.0387. The number of fused-ring (bicyclic) bond motifs is 1. The van der Waals surface area contributed by atoms with Crippen molar-refractivity contribution in [3.8, 4) is 0 Å². The van der Waals surface area contributed by atoms with Gasteiger partial charge in [-0.2, -0.15) is 0 Å². The van der Waals surface area contributed by atoms with Gasteiger partial charge in [-0.3, -0.25) is 19.2 Å². The lowest BCUT2D eigenvalue weighted by molar-refractivity contribution is -0.161. The van der Waals surface area contributed by atoms with E-state index in [-0.39, 0.29) is 31.3 Å². The minimum atomic E-state index is -1.33. The molecule has 0 radical (unpaired) electrons. The van der Waals surface area contributed by atoms with E-state index in [0.29, 0.717) is 36.9 Å². The van der Waals surface area contributed by atoms with Crippen LogP contribution in [0.5, 0.6) is 0 Å². The lowest BCUT2D eigenvalue weighted by Crippen LogP contribution is -2.59. The number of anilines is 1. The summed E-state index contributed by atoms with van der Waals surface area (Å²) < 4.78 is 12.9. The van der Waals surface area contributed by atoms with Gasteiger partial charge in [0.15, 0.2) is 0 Å². The Balaban J connectivity index is 1.37. The van der Waals surface area contributed by atoms with Crippen LogP contribution in [0.15, 0.2) is 104 Å². The Labute approximate surface area is 311 Å². The molecule has 10 heteroatoms. The van der Waals surface area contributed by atoms with Crippen molar-refractivity contribution in [3.05, 3.63) is 126 Å². The molecule has 6 rings (SSSR count). The smallest absolute Gasteiger partial charge is 0.313 e. The fourth-order valence-electron chi connectivity index (χ4n) is 8.40. The van der Waals surface area contributed by atoms with Gasteiger partial charge in [-0.05, 0) is 67.9 Å². The van der Waals surface area contributed by atoms with E-state index >= 15 is 4.79 Å². The van der Waals surface area contributed by atoms with E-state index in [4.69, 9.17) is 9.47 Å². The van der Waals surface area contributed by atoms with Gasteiger partial charge in [-0.25, -0.2) is 0 Å². The number of aliphatic hydroxyl groups excluding tert-OH is 1. The summed E-state index contributed by atoms with van der Waals surface area (Å²) in [4.78, 5) is 60.2. The molecule has 3 aliphatic heterocycles. The Kier molecular flexibility index (Phi) is 11.6. The summed E-state index contributed by atoms with van der Waals surface area (Å²) in [5.41, 5.74) is 2.78. The molecule has 0 saturated carbocycles. The molecular formula is C43H49N3O7. The van der Waals surface area contributed by atoms with Crippen molar-refractivity contribution < 1.29 is 33.8 Å². The van der Waals surface area contributed by atoms with E-state index < -0.39 is 60.2 Å². The van der Waals surface area contributed by atoms with E-state index in [9.17, 15) is 19.5 Å². The average molecular weight is 720 g/mol. The van der Waals surface area contributed by atoms with Crippen LogP contribution in [0.4, 0.5) is 5.69 Å². The number of esters is 1. The van der Waals surface area contributed by atoms with Crippen LogP contribution in [0.2, 0.25) is 0 Å². The van der Waals surface area contributed by atoms with Crippen molar-refractivity contribution in [2.45, 2.75) is 75.8 Å². The molecule has 3 amide bonds. The Bertz CT molecular complexity index is 1830. The molecule has 3 aromatic rings. The summed E-state index contributed by atoms with van der Waals surface area (Å²) in [5, 5.41) is 13.8. The highest BCUT2D eigenvalue weighted by atomic mass is 16.6. The average Bonchev–Trinajstić information content (AvgIpc) is 3.82. The zero-order chi connectivity index (χ0) is 37.7. The third kappa shape index (κ3) is 7.43. The van der Waals surface area contributed by atoms with Gasteiger partial charge in [0.1, 0.15) is 17.7 Å². The number of allylic oxidation sites excluding steroid dienone is 1. The van der Waals surface area contributed by atoms with E-state index in [0.717, 1.165) is 16.7 Å². The largest absolute Gasteiger partial charge is 0.455 e. The molecule has 53 heavy (non-hydrogen) atoms. The summed E-state index contributed by atoms with van der Waals surface area (Å²) in [6.07, 6.45) is 3.72. The molecule has 3 aromatic carbocycles. The number of benzene rings is 3. The first-order valence-corrected chi connectivity index (χ1v) is 18.4. The molecule has 0 unspecified atom stereocenters. The van der Waals surface area contributed by atoms with Crippen molar-refractivity contribution in [2.75, 3.05) is 24.6 Å². The number of carbonyl (C=O) groups excluding carboxylic acids is 4. The highest BCUT2D eigenvalue weighted by molar-refractivity contribution is 6.05. The van der Waals surface area contributed by atoms with Gasteiger partial charge in [0.05, 0.1) is 37.1 Å². The second-order valence-corrected chi connectivity index (χ2v) is 14.3. The van der Waals surface area contributed by atoms with Crippen LogP contribution < -0.4 is 10.2 Å². The Hall–Kier alpha value is -5.06. The maximum Gasteiger partial charge on any atom is 0.313 e. The van der Waals surface area contributed by atoms with Gasteiger partial charge in [0, 0.05) is 18.7 Å². The van der Waals surface area contributed by atoms with Gasteiger partial charge in [-0.1, -0.05) is 84.9 Å². The second kappa shape index (κ2) is 16.3. The molecule has 1 spiro atoms. The third-order valence-corrected chi connectivity index (χ3v) is 10.9. The van der Waals surface area contributed by atoms with Gasteiger partial charge in [0.2, 0.25) is 11.8 Å². The number of hydrogen-bond donors (Lipinski definition) is 2. The van der Waals surface area contributed by atoms with Gasteiger partial charge < -0.3 is 29.7 Å². The number of ether oxygens (including phenoxy) is 2. The second-order valence-electron chi connectivity index (χ2n) is 14.3. The first kappa shape index (κ1) is 37.7. The number of hydrogen-bond acceptors (Lipinski definition) is 7. The number of nitrogens with zero attached hydrogens (tertiary/aromatic N) is 2. The zero-order valence-corrected chi connectivity index (χ0v) is 30.5. The Morgan fingerprint density at radius 1 is 1.06 bits per heavy atom. The van der Waals surface area contributed by atoms with E-state index in [1.807, 2.05) is 92.7 Å². The predicted molar refractivity (Wildman–Crippen MR) is 202 cm³/mol. The number of carbonyl (C=O) groups is 4. The van der Waals surface area contributed by atoms with Gasteiger partial charge in [-0.15, -0.1) is 13.2 Å². The molecule has 278 valence electrons. The molecule has 3 saturated heterocycles. The van der Waals surface area contributed by atoms with Crippen molar-refractivity contribution in [3.63, 3.8) is 0 Å². The highest BCUT2D eigenvalue weighted by Gasteiger charge is 2.75. The Morgan fingerprint density at radius 2 is 1.77 bits per heavy atom. The summed E-state index contributed by atoms with van der Waals surface area (Å²) in [6, 6.07) is 22.6.